The zero-order chi connectivity index (χ0) is 26.1. The number of nitrogens with zero attached hydrogens (tertiary/aromatic N) is 5. The van der Waals surface area contributed by atoms with E-state index in [1.807, 2.05) is 43.3 Å². The number of benzene rings is 2. The minimum Gasteiger partial charge on any atom is -0.505 e. The van der Waals surface area contributed by atoms with Gasteiger partial charge in [0.15, 0.2) is 11.6 Å². The standard InChI is InChI=1S/C25H21FN8O2S/c1-14(31-23-17(12-27)22(28)29-13-30-23)24-32-33-10-9-20(37-16-7-8-19(35)18(26)11-16)21(33)25(36)34(24)15-5-3-2-4-6-15/h2-11,13-14,24,32,35H,1H3,(H3,28,29,30,31)/t14-,24?/m0/s1. The van der Waals surface area contributed by atoms with E-state index in [9.17, 15) is 19.6 Å². The first-order chi connectivity index (χ1) is 17.9. The van der Waals surface area contributed by atoms with Gasteiger partial charge < -0.3 is 21.6 Å². The van der Waals surface area contributed by atoms with E-state index in [1.54, 1.807) is 27.9 Å². The Kier molecular flexibility index (Phi) is 6.29. The molecule has 0 saturated carbocycles. The van der Waals surface area contributed by atoms with Crippen molar-refractivity contribution in [2.75, 3.05) is 21.4 Å². The van der Waals surface area contributed by atoms with Crippen molar-refractivity contribution in [2.45, 2.75) is 28.9 Å². The lowest BCUT2D eigenvalue weighted by Crippen LogP contribution is -2.59. The molecule has 0 spiro atoms. The topological polar surface area (TPSA) is 145 Å². The first kappa shape index (κ1) is 24.0. The predicted molar refractivity (Wildman–Crippen MR) is 137 cm³/mol. The van der Waals surface area contributed by atoms with Crippen LogP contribution in [0.25, 0.3) is 0 Å². The molecule has 0 fully saturated rings. The van der Waals surface area contributed by atoms with Crippen LogP contribution in [0.4, 0.5) is 21.7 Å². The molecule has 10 nitrogen and oxygen atoms in total. The second kappa shape index (κ2) is 9.71. The van der Waals surface area contributed by atoms with Crippen LogP contribution in [-0.2, 0) is 0 Å². The molecular formula is C25H21FN8O2S. The van der Waals surface area contributed by atoms with E-state index in [4.69, 9.17) is 5.73 Å². The van der Waals surface area contributed by atoms with Gasteiger partial charge in [0.25, 0.3) is 5.91 Å². The average molecular weight is 517 g/mol. The highest BCUT2D eigenvalue weighted by Crippen LogP contribution is 2.36. The minimum absolute atomic E-state index is 0.0554. The number of amides is 1. The lowest BCUT2D eigenvalue weighted by atomic mass is 10.1. The third-order valence-corrected chi connectivity index (χ3v) is 6.87. The quantitative estimate of drug-likeness (QED) is 0.301. The van der Waals surface area contributed by atoms with E-state index >= 15 is 0 Å². The summed E-state index contributed by atoms with van der Waals surface area (Å²) in [6, 6.07) is 16.6. The zero-order valence-corrected chi connectivity index (χ0v) is 20.3. The molecule has 0 aliphatic carbocycles. The molecule has 2 aromatic heterocycles. The van der Waals surface area contributed by atoms with E-state index in [-0.39, 0.29) is 23.1 Å². The fourth-order valence-corrected chi connectivity index (χ4v) is 5.01. The number of rotatable bonds is 6. The number of nitrogens with two attached hydrogens (primary N) is 1. The van der Waals surface area contributed by atoms with Gasteiger partial charge in [-0.05, 0) is 43.3 Å². The molecule has 2 atom stereocenters. The Hall–Kier alpha value is -4.76. The largest absolute Gasteiger partial charge is 0.505 e. The maximum Gasteiger partial charge on any atom is 0.279 e. The van der Waals surface area contributed by atoms with Crippen LogP contribution in [0.1, 0.15) is 23.0 Å². The van der Waals surface area contributed by atoms with Crippen LogP contribution in [0, 0.1) is 17.1 Å². The van der Waals surface area contributed by atoms with Crippen LogP contribution in [0.5, 0.6) is 5.75 Å². The number of aromatic hydroxyl groups is 1. The molecule has 4 aromatic rings. The second-order valence-electron chi connectivity index (χ2n) is 8.23. The minimum atomic E-state index is -0.740. The summed E-state index contributed by atoms with van der Waals surface area (Å²) in [5.74, 6) is -1.15. The van der Waals surface area contributed by atoms with Crippen LogP contribution < -0.4 is 21.4 Å². The Morgan fingerprint density at radius 2 is 2.03 bits per heavy atom. The summed E-state index contributed by atoms with van der Waals surface area (Å²) in [5, 5.41) is 22.2. The van der Waals surface area contributed by atoms with Gasteiger partial charge in [-0.15, -0.1) is 0 Å². The van der Waals surface area contributed by atoms with Crippen molar-refractivity contribution in [3.63, 3.8) is 0 Å². The molecule has 12 heteroatoms. The number of carbonyl (C=O) groups excluding carboxylic acids is 1. The number of anilines is 3. The number of nitrogen functional groups attached to an aromatic ring is 1. The van der Waals surface area contributed by atoms with E-state index in [0.717, 1.165) is 0 Å². The monoisotopic (exact) mass is 516 g/mol. The molecule has 3 heterocycles. The molecule has 37 heavy (non-hydrogen) atoms. The van der Waals surface area contributed by atoms with E-state index < -0.39 is 23.8 Å². The highest BCUT2D eigenvalue weighted by atomic mass is 32.2. The number of hydrogen-bond donors (Lipinski definition) is 4. The van der Waals surface area contributed by atoms with E-state index in [2.05, 4.69) is 20.7 Å². The lowest BCUT2D eigenvalue weighted by Gasteiger charge is -2.41. The van der Waals surface area contributed by atoms with Gasteiger partial charge in [-0.1, -0.05) is 30.0 Å². The van der Waals surface area contributed by atoms with Crippen molar-refractivity contribution in [3.05, 3.63) is 84.2 Å². The maximum absolute atomic E-state index is 14.0. The van der Waals surface area contributed by atoms with Gasteiger partial charge in [-0.3, -0.25) is 14.4 Å². The first-order valence-electron chi connectivity index (χ1n) is 11.2. The summed E-state index contributed by atoms with van der Waals surface area (Å²) in [6.07, 6.45) is 2.39. The molecule has 1 aliphatic heterocycles. The van der Waals surface area contributed by atoms with Crippen molar-refractivity contribution >= 4 is 35.0 Å². The number of phenolic OH excluding ortho intramolecular Hbond substituents is 1. The highest BCUT2D eigenvalue weighted by Gasteiger charge is 2.38. The number of carbonyl (C=O) groups is 1. The van der Waals surface area contributed by atoms with Gasteiger partial charge in [-0.2, -0.15) is 5.26 Å². The van der Waals surface area contributed by atoms with Crippen LogP contribution in [0.3, 0.4) is 0 Å². The number of para-hydroxylation sites is 1. The van der Waals surface area contributed by atoms with Gasteiger partial charge in [0.1, 0.15) is 41.5 Å². The number of fused-ring (bicyclic) bond motifs is 1. The van der Waals surface area contributed by atoms with Gasteiger partial charge in [0, 0.05) is 21.7 Å². The van der Waals surface area contributed by atoms with Crippen molar-refractivity contribution in [1.29, 1.82) is 5.26 Å². The molecule has 2 aromatic carbocycles. The summed E-state index contributed by atoms with van der Waals surface area (Å²) in [5.41, 5.74) is 10.3. The summed E-state index contributed by atoms with van der Waals surface area (Å²) in [4.78, 5) is 24.7. The lowest BCUT2D eigenvalue weighted by molar-refractivity contribution is 0.0952. The van der Waals surface area contributed by atoms with Gasteiger partial charge in [0.05, 0.1) is 6.04 Å². The number of hydrogen-bond acceptors (Lipinski definition) is 9. The second-order valence-corrected chi connectivity index (χ2v) is 9.34. The highest BCUT2D eigenvalue weighted by molar-refractivity contribution is 7.99. The molecule has 1 aliphatic rings. The fraction of sp³-hybridized carbons (Fsp3) is 0.120. The normalized spacial score (nSPS) is 15.4. The number of phenols is 1. The van der Waals surface area contributed by atoms with Crippen molar-refractivity contribution in [2.24, 2.45) is 0 Å². The summed E-state index contributed by atoms with van der Waals surface area (Å²) in [6.45, 7) is 1.85. The smallest absolute Gasteiger partial charge is 0.279 e. The van der Waals surface area contributed by atoms with Crippen LogP contribution >= 0.6 is 11.8 Å². The number of aromatic nitrogens is 3. The molecule has 1 amide bonds. The Bertz CT molecular complexity index is 1520. The molecule has 0 bridgehead atoms. The summed E-state index contributed by atoms with van der Waals surface area (Å²) < 4.78 is 15.5. The van der Waals surface area contributed by atoms with Gasteiger partial charge in [-0.25, -0.2) is 14.4 Å². The molecule has 5 N–H and O–H groups in total. The van der Waals surface area contributed by atoms with E-state index in [1.165, 1.54) is 30.2 Å². The average Bonchev–Trinajstić information content (AvgIpc) is 3.29. The third-order valence-electron chi connectivity index (χ3n) is 5.83. The van der Waals surface area contributed by atoms with Crippen LogP contribution in [0.15, 0.2) is 76.9 Å². The molecule has 0 radical (unpaired) electrons. The van der Waals surface area contributed by atoms with Gasteiger partial charge in [0.2, 0.25) is 0 Å². The van der Waals surface area contributed by atoms with Gasteiger partial charge >= 0.3 is 0 Å². The molecule has 1 unspecified atom stereocenters. The van der Waals surface area contributed by atoms with Crippen molar-refractivity contribution in [1.82, 2.24) is 14.6 Å². The number of nitrogens with one attached hydrogen (secondary N) is 2. The summed E-state index contributed by atoms with van der Waals surface area (Å²) >= 11 is 1.21. The Balaban J connectivity index is 1.51. The number of halogens is 1. The Morgan fingerprint density at radius 3 is 2.76 bits per heavy atom. The maximum atomic E-state index is 14.0. The van der Waals surface area contributed by atoms with Crippen LogP contribution in [-0.4, -0.2) is 37.9 Å². The third kappa shape index (κ3) is 4.48. The molecule has 0 saturated heterocycles. The van der Waals surface area contributed by atoms with Crippen molar-refractivity contribution < 1.29 is 14.3 Å². The fourth-order valence-electron chi connectivity index (χ4n) is 4.05. The van der Waals surface area contributed by atoms with E-state index in [0.29, 0.717) is 21.2 Å². The Labute approximate surface area is 215 Å². The molecule has 186 valence electrons. The zero-order valence-electron chi connectivity index (χ0n) is 19.5. The SMILES string of the molecule is C[C@H](Nc1ncnc(N)c1C#N)C1Nn2ccc(Sc3ccc(O)c(F)c3)c2C(=O)N1c1ccccc1. The Morgan fingerprint density at radius 1 is 1.24 bits per heavy atom. The molecule has 5 rings (SSSR count). The van der Waals surface area contributed by atoms with Crippen molar-refractivity contribution in [3.8, 4) is 11.8 Å². The van der Waals surface area contributed by atoms with Crippen LogP contribution in [0.2, 0.25) is 0 Å². The first-order valence-corrected chi connectivity index (χ1v) is 12.0. The number of nitriles is 1. The predicted octanol–water partition coefficient (Wildman–Crippen LogP) is 3.76. The molecular weight excluding hydrogens is 495 g/mol. The summed E-state index contributed by atoms with van der Waals surface area (Å²) in [7, 11) is 0.